The molecular weight excluding hydrogens is 1330 g/mol. The van der Waals surface area contributed by atoms with Gasteiger partial charge in [-0.2, -0.15) is 0 Å². The van der Waals surface area contributed by atoms with Gasteiger partial charge in [-0.1, -0.05) is 295 Å². The Bertz CT molecular complexity index is 2420. The second kappa shape index (κ2) is 64.7. The lowest BCUT2D eigenvalue weighted by Crippen LogP contribution is -2.66. The number of carbonyl (C=O) groups is 1. The molecule has 105 heavy (non-hydrogen) atoms. The van der Waals surface area contributed by atoms with Crippen LogP contribution in [0, 0.1) is 0 Å². The van der Waals surface area contributed by atoms with Gasteiger partial charge in [-0.3, -0.25) is 4.79 Å². The van der Waals surface area contributed by atoms with Gasteiger partial charge in [-0.15, -0.1) is 0 Å². The molecule has 3 saturated heterocycles. The van der Waals surface area contributed by atoms with Crippen molar-refractivity contribution in [2.45, 2.75) is 375 Å². The largest absolute Gasteiger partial charge is 0.394 e. The Morgan fingerprint density at radius 1 is 0.352 bits per heavy atom. The first-order chi connectivity index (χ1) is 51.3. The van der Waals surface area contributed by atoms with Crippen molar-refractivity contribution >= 4 is 5.91 Å². The molecule has 3 aliphatic heterocycles. The van der Waals surface area contributed by atoms with Crippen LogP contribution in [0.1, 0.15) is 271 Å². The molecule has 0 aliphatic carbocycles. The van der Waals surface area contributed by atoms with Gasteiger partial charge in [0.15, 0.2) is 18.9 Å². The van der Waals surface area contributed by atoms with E-state index in [9.17, 15) is 61.0 Å². The van der Waals surface area contributed by atoms with E-state index in [0.717, 1.165) is 109 Å². The number of carbonyl (C=O) groups excluding carboxylic acids is 1. The standard InChI is InChI=1S/C86H145NO18/c1-3-5-7-9-11-13-15-17-19-21-23-25-27-29-31-32-33-34-35-36-38-40-42-44-46-48-50-52-54-56-58-60-62-64-74(92)87-69(70(91)63-61-59-57-55-53-51-49-47-45-43-41-39-37-30-28-26-24-22-20-18-16-14-12-10-8-6-4-2)68-100-84-80(98)77(95)82(72(66-89)102-84)105-86-81(99)78(96)83(73(67-90)103-86)104-85-79(97)76(94)75(93)71(65-88)101-85/h5,7,11,13,17,19,23,25,29,31,33-34,36,38,42,44,48,50,53,55,61,63,69-73,75-86,88-91,93-99H,3-4,6,8-10,12,14-16,18,20-22,24,26-28,30,32,35,37,39-41,43,45-47,49,51-52,54,56-60,62,64-68H2,1-2H3,(H,87,92)/b7-5-,13-11-,19-17-,25-23-,31-29-,34-33-,38-36-,44-42-,50-48-,55-53+,63-61+. The molecule has 19 nitrogen and oxygen atoms in total. The molecule has 3 heterocycles. The Kier molecular flexibility index (Phi) is 58.6. The molecule has 17 unspecified atom stereocenters. The van der Waals surface area contributed by atoms with Crippen molar-refractivity contribution < 1.29 is 89.4 Å². The number of amides is 1. The zero-order valence-corrected chi connectivity index (χ0v) is 64.4. The van der Waals surface area contributed by atoms with E-state index in [1.165, 1.54) is 128 Å². The van der Waals surface area contributed by atoms with E-state index in [-0.39, 0.29) is 18.9 Å². The molecule has 0 spiro atoms. The van der Waals surface area contributed by atoms with Crippen LogP contribution in [0.25, 0.3) is 0 Å². The molecule has 0 aromatic rings. The number of aliphatic hydroxyl groups is 11. The summed E-state index contributed by atoms with van der Waals surface area (Å²) in [6.07, 6.45) is 65.7. The van der Waals surface area contributed by atoms with Crippen molar-refractivity contribution in [3.05, 3.63) is 134 Å². The maximum atomic E-state index is 13.5. The molecule has 3 aliphatic rings. The summed E-state index contributed by atoms with van der Waals surface area (Å²) >= 11 is 0. The van der Waals surface area contributed by atoms with Gasteiger partial charge in [0.25, 0.3) is 0 Å². The molecule has 17 atom stereocenters. The summed E-state index contributed by atoms with van der Waals surface area (Å²) < 4.78 is 34.4. The van der Waals surface area contributed by atoms with Gasteiger partial charge in [-0.25, -0.2) is 0 Å². The molecule has 19 heteroatoms. The number of hydrogen-bond acceptors (Lipinski definition) is 18. The predicted octanol–water partition coefficient (Wildman–Crippen LogP) is 14.1. The van der Waals surface area contributed by atoms with Crippen LogP contribution < -0.4 is 5.32 Å². The van der Waals surface area contributed by atoms with Crippen molar-refractivity contribution in [3.63, 3.8) is 0 Å². The predicted molar refractivity (Wildman–Crippen MR) is 419 cm³/mol. The fraction of sp³-hybridized carbons (Fsp3) is 0.733. The molecule has 0 aromatic carbocycles. The first-order valence-electron chi connectivity index (χ1n) is 40.9. The van der Waals surface area contributed by atoms with E-state index >= 15 is 0 Å². The van der Waals surface area contributed by atoms with Crippen LogP contribution >= 0.6 is 0 Å². The Hall–Kier alpha value is -4.07. The molecule has 602 valence electrons. The minimum atomic E-state index is -1.99. The highest BCUT2D eigenvalue weighted by atomic mass is 16.8. The van der Waals surface area contributed by atoms with Crippen LogP contribution in [-0.2, 0) is 33.2 Å². The minimum Gasteiger partial charge on any atom is -0.394 e. The Morgan fingerprint density at radius 2 is 0.667 bits per heavy atom. The highest BCUT2D eigenvalue weighted by molar-refractivity contribution is 5.76. The molecule has 3 fully saturated rings. The molecule has 0 radical (unpaired) electrons. The maximum absolute atomic E-state index is 13.5. The number of aliphatic hydroxyl groups excluding tert-OH is 11. The fourth-order valence-electron chi connectivity index (χ4n) is 12.9. The van der Waals surface area contributed by atoms with Crippen molar-refractivity contribution in [2.75, 3.05) is 26.4 Å². The Balaban J connectivity index is 1.40. The van der Waals surface area contributed by atoms with Crippen LogP contribution in [0.2, 0.25) is 0 Å². The lowest BCUT2D eigenvalue weighted by atomic mass is 9.96. The summed E-state index contributed by atoms with van der Waals surface area (Å²) in [4.78, 5) is 13.5. The average Bonchev–Trinajstić information content (AvgIpc) is 0.780. The third-order valence-electron chi connectivity index (χ3n) is 19.4. The van der Waals surface area contributed by atoms with Crippen LogP contribution in [-0.4, -0.2) is 193 Å². The van der Waals surface area contributed by atoms with Crippen molar-refractivity contribution in [2.24, 2.45) is 0 Å². The fourth-order valence-corrected chi connectivity index (χ4v) is 12.9. The van der Waals surface area contributed by atoms with Gasteiger partial charge in [0.05, 0.1) is 38.6 Å². The highest BCUT2D eigenvalue weighted by Gasteiger charge is 2.54. The molecule has 1 amide bonds. The highest BCUT2D eigenvalue weighted by Crippen LogP contribution is 2.33. The van der Waals surface area contributed by atoms with Gasteiger partial charge in [0.1, 0.15) is 73.2 Å². The number of allylic oxidation sites excluding steroid dienone is 21. The first kappa shape index (κ1) is 95.1. The summed E-state index contributed by atoms with van der Waals surface area (Å²) in [5.74, 6) is -0.308. The minimum absolute atomic E-state index is 0.204. The van der Waals surface area contributed by atoms with Crippen LogP contribution in [0.3, 0.4) is 0 Å². The normalized spacial score (nSPS) is 26.5. The first-order valence-corrected chi connectivity index (χ1v) is 40.9. The summed E-state index contributed by atoms with van der Waals surface area (Å²) in [7, 11) is 0. The number of hydrogen-bond donors (Lipinski definition) is 12. The van der Waals surface area contributed by atoms with Crippen molar-refractivity contribution in [1.82, 2.24) is 5.32 Å². The van der Waals surface area contributed by atoms with E-state index in [4.69, 9.17) is 28.4 Å². The lowest BCUT2D eigenvalue weighted by molar-refractivity contribution is -0.379. The van der Waals surface area contributed by atoms with Crippen molar-refractivity contribution in [3.8, 4) is 0 Å². The van der Waals surface area contributed by atoms with Crippen LogP contribution in [0.4, 0.5) is 0 Å². The second-order valence-corrected chi connectivity index (χ2v) is 28.5. The number of nitrogens with one attached hydrogen (secondary N) is 1. The molecule has 0 saturated carbocycles. The number of rotatable bonds is 63. The summed E-state index contributed by atoms with van der Waals surface area (Å²) in [5.41, 5.74) is 0. The van der Waals surface area contributed by atoms with Gasteiger partial charge < -0.3 is 89.9 Å². The number of ether oxygens (including phenoxy) is 6. The molecule has 3 rings (SSSR count). The quantitative estimate of drug-likeness (QED) is 0.0199. The average molecular weight is 1480 g/mol. The van der Waals surface area contributed by atoms with Gasteiger partial charge in [0, 0.05) is 6.42 Å². The van der Waals surface area contributed by atoms with E-state index in [0.29, 0.717) is 12.8 Å². The zero-order chi connectivity index (χ0) is 76.0. The maximum Gasteiger partial charge on any atom is 0.220 e. The molecule has 0 bridgehead atoms. The van der Waals surface area contributed by atoms with E-state index < -0.39 is 124 Å². The molecule has 12 N–H and O–H groups in total. The van der Waals surface area contributed by atoms with E-state index in [1.807, 2.05) is 6.08 Å². The van der Waals surface area contributed by atoms with Gasteiger partial charge in [-0.05, 0) is 103 Å². The summed E-state index contributed by atoms with van der Waals surface area (Å²) in [6, 6.07) is -1.01. The number of unbranched alkanes of at least 4 members (excludes halogenated alkanes) is 27. The Morgan fingerprint density at radius 3 is 1.07 bits per heavy atom. The third-order valence-corrected chi connectivity index (χ3v) is 19.4. The van der Waals surface area contributed by atoms with E-state index in [1.54, 1.807) is 6.08 Å². The van der Waals surface area contributed by atoms with E-state index in [2.05, 4.69) is 141 Å². The molecular formula is C86H145NO18. The zero-order valence-electron chi connectivity index (χ0n) is 64.4. The Labute approximate surface area is 632 Å². The SMILES string of the molecule is CC/C=C\C/C=C\C/C=C\C/C=C\C/C=C\C/C=C\C/C=C\C/C=C\C/C=C\CCCCCCCC(=O)NC(COC1OC(CO)C(OC2OC(CO)C(OC3OC(CO)C(O)C(O)C3O)C(O)C2O)C(O)C1O)C(O)/C=C/CC/C=C/CCCCCCCCCCCCCCCCCCCCCCC. The van der Waals surface area contributed by atoms with Gasteiger partial charge >= 0.3 is 0 Å². The molecule has 0 aromatic heterocycles. The van der Waals surface area contributed by atoms with Gasteiger partial charge in [0.2, 0.25) is 5.91 Å². The smallest absolute Gasteiger partial charge is 0.220 e. The monoisotopic (exact) mass is 1480 g/mol. The topological polar surface area (TPSA) is 307 Å². The lowest BCUT2D eigenvalue weighted by Gasteiger charge is -2.48. The van der Waals surface area contributed by atoms with Crippen LogP contribution in [0.5, 0.6) is 0 Å². The third kappa shape index (κ3) is 44.4. The van der Waals surface area contributed by atoms with Crippen LogP contribution in [0.15, 0.2) is 134 Å². The second-order valence-electron chi connectivity index (χ2n) is 28.5. The summed E-state index contributed by atoms with van der Waals surface area (Å²) in [6.45, 7) is 1.60. The summed E-state index contributed by atoms with van der Waals surface area (Å²) in [5, 5.41) is 121. The van der Waals surface area contributed by atoms with Crippen molar-refractivity contribution in [1.29, 1.82) is 0 Å².